The number of hydrogen-bond acceptors (Lipinski definition) is 3. The fourth-order valence-corrected chi connectivity index (χ4v) is 1.69. The number of halogens is 1. The third-order valence-corrected chi connectivity index (χ3v) is 2.84. The summed E-state index contributed by atoms with van der Waals surface area (Å²) in [6.07, 6.45) is 1.79. The van der Waals surface area contributed by atoms with Gasteiger partial charge in [-0.3, -0.25) is 4.79 Å². The van der Waals surface area contributed by atoms with Gasteiger partial charge >= 0.3 is 0 Å². The smallest absolute Gasteiger partial charge is 0.277 e. The zero-order valence-electron chi connectivity index (χ0n) is 10.9. The molecule has 0 spiro atoms. The predicted octanol–water partition coefficient (Wildman–Crippen LogP) is 2.59. The first kappa shape index (κ1) is 14.1. The van der Waals surface area contributed by atoms with Crippen LogP contribution in [-0.2, 0) is 4.79 Å². The molecule has 0 saturated carbocycles. The van der Waals surface area contributed by atoms with Crippen LogP contribution in [0.3, 0.4) is 0 Å². The van der Waals surface area contributed by atoms with Gasteiger partial charge in [0.2, 0.25) is 0 Å². The van der Waals surface area contributed by atoms with Crippen molar-refractivity contribution in [3.63, 3.8) is 0 Å². The van der Waals surface area contributed by atoms with Gasteiger partial charge in [0, 0.05) is 6.20 Å². The topological polar surface area (TPSA) is 66.5 Å². The molecule has 0 atom stereocenters. The van der Waals surface area contributed by atoms with Crippen LogP contribution in [0.15, 0.2) is 47.7 Å². The lowest BCUT2D eigenvalue weighted by molar-refractivity contribution is -0.123. The molecule has 1 amide bonds. The Bertz CT molecular complexity index is 609. The van der Waals surface area contributed by atoms with Crippen molar-refractivity contribution in [2.24, 2.45) is 5.10 Å². The molecule has 20 heavy (non-hydrogen) atoms. The summed E-state index contributed by atoms with van der Waals surface area (Å²) in [5.41, 5.74) is 3.95. The SMILES string of the molecule is C/C(=N\NC(=O)COc1ccccc1Cl)c1ccc[nH]1. The quantitative estimate of drug-likeness (QED) is 0.657. The maximum Gasteiger partial charge on any atom is 0.277 e. The van der Waals surface area contributed by atoms with Crippen LogP contribution in [0.5, 0.6) is 5.75 Å². The Morgan fingerprint density at radius 1 is 1.35 bits per heavy atom. The summed E-state index contributed by atoms with van der Waals surface area (Å²) in [7, 11) is 0. The van der Waals surface area contributed by atoms with E-state index in [-0.39, 0.29) is 12.5 Å². The molecule has 5 nitrogen and oxygen atoms in total. The average molecular weight is 292 g/mol. The fraction of sp³-hybridized carbons (Fsp3) is 0.143. The Morgan fingerprint density at radius 3 is 2.85 bits per heavy atom. The molecule has 0 unspecified atom stereocenters. The molecular formula is C14H14ClN3O2. The first-order valence-corrected chi connectivity index (χ1v) is 6.39. The highest BCUT2D eigenvalue weighted by molar-refractivity contribution is 6.32. The molecule has 0 saturated heterocycles. The first-order chi connectivity index (χ1) is 9.66. The van der Waals surface area contributed by atoms with Crippen molar-refractivity contribution in [3.8, 4) is 5.75 Å². The zero-order valence-corrected chi connectivity index (χ0v) is 11.6. The van der Waals surface area contributed by atoms with Crippen molar-refractivity contribution in [2.45, 2.75) is 6.92 Å². The van der Waals surface area contributed by atoms with Crippen molar-refractivity contribution in [1.29, 1.82) is 0 Å². The minimum absolute atomic E-state index is 0.148. The molecular weight excluding hydrogens is 278 g/mol. The number of aromatic nitrogens is 1. The molecule has 6 heteroatoms. The Kier molecular flexibility index (Phi) is 4.79. The number of carbonyl (C=O) groups excluding carboxylic acids is 1. The van der Waals surface area contributed by atoms with Gasteiger partial charge in [-0.05, 0) is 31.2 Å². The lowest BCUT2D eigenvalue weighted by Crippen LogP contribution is -2.25. The van der Waals surface area contributed by atoms with Crippen LogP contribution in [0.1, 0.15) is 12.6 Å². The number of nitrogens with zero attached hydrogens (tertiary/aromatic N) is 1. The summed E-state index contributed by atoms with van der Waals surface area (Å²) in [5, 5.41) is 4.44. The molecule has 0 fully saturated rings. The fourth-order valence-electron chi connectivity index (χ4n) is 1.50. The van der Waals surface area contributed by atoms with E-state index in [1.165, 1.54) is 0 Å². The number of benzene rings is 1. The maximum atomic E-state index is 11.6. The number of hydrogen-bond donors (Lipinski definition) is 2. The van der Waals surface area contributed by atoms with E-state index in [1.54, 1.807) is 37.4 Å². The molecule has 104 valence electrons. The number of amides is 1. The third-order valence-electron chi connectivity index (χ3n) is 2.53. The van der Waals surface area contributed by atoms with Crippen LogP contribution < -0.4 is 10.2 Å². The number of hydrazone groups is 1. The van der Waals surface area contributed by atoms with Gasteiger partial charge in [-0.25, -0.2) is 5.43 Å². The van der Waals surface area contributed by atoms with E-state index in [2.05, 4.69) is 15.5 Å². The summed E-state index contributed by atoms with van der Waals surface area (Å²) in [6, 6.07) is 10.7. The van der Waals surface area contributed by atoms with E-state index in [0.717, 1.165) is 5.69 Å². The number of H-pyrrole nitrogens is 1. The summed E-state index contributed by atoms with van der Waals surface area (Å²) in [6.45, 7) is 1.65. The van der Waals surface area contributed by atoms with Crippen LogP contribution in [0.2, 0.25) is 5.02 Å². The van der Waals surface area contributed by atoms with E-state index < -0.39 is 0 Å². The molecule has 0 aliphatic carbocycles. The summed E-state index contributed by atoms with van der Waals surface area (Å²) < 4.78 is 5.30. The van der Waals surface area contributed by atoms with Gasteiger partial charge in [0.1, 0.15) is 5.75 Å². The maximum absolute atomic E-state index is 11.6. The highest BCUT2D eigenvalue weighted by Crippen LogP contribution is 2.22. The van der Waals surface area contributed by atoms with Crippen LogP contribution in [0.25, 0.3) is 0 Å². The van der Waals surface area contributed by atoms with Gasteiger partial charge < -0.3 is 9.72 Å². The highest BCUT2D eigenvalue weighted by atomic mass is 35.5. The van der Waals surface area contributed by atoms with Gasteiger partial charge in [0.25, 0.3) is 5.91 Å². The number of para-hydroxylation sites is 1. The van der Waals surface area contributed by atoms with Crippen molar-refractivity contribution < 1.29 is 9.53 Å². The number of nitrogens with one attached hydrogen (secondary N) is 2. The monoisotopic (exact) mass is 291 g/mol. The third kappa shape index (κ3) is 3.86. The second-order valence-electron chi connectivity index (χ2n) is 4.04. The van der Waals surface area contributed by atoms with Crippen molar-refractivity contribution in [3.05, 3.63) is 53.3 Å². The number of rotatable bonds is 5. The minimum atomic E-state index is -0.351. The molecule has 2 rings (SSSR count). The van der Waals surface area contributed by atoms with Gasteiger partial charge in [-0.1, -0.05) is 23.7 Å². The van der Waals surface area contributed by atoms with Crippen LogP contribution >= 0.6 is 11.6 Å². The highest BCUT2D eigenvalue weighted by Gasteiger charge is 2.05. The number of ether oxygens (including phenoxy) is 1. The molecule has 1 aromatic carbocycles. The molecule has 0 bridgehead atoms. The van der Waals surface area contributed by atoms with E-state index >= 15 is 0 Å². The van der Waals surface area contributed by atoms with Crippen molar-refractivity contribution in [1.82, 2.24) is 10.4 Å². The lowest BCUT2D eigenvalue weighted by atomic mass is 10.3. The molecule has 0 radical (unpaired) electrons. The van der Waals surface area contributed by atoms with Crippen LogP contribution in [-0.4, -0.2) is 23.2 Å². The molecule has 1 heterocycles. The van der Waals surface area contributed by atoms with Crippen LogP contribution in [0.4, 0.5) is 0 Å². The predicted molar refractivity (Wildman–Crippen MR) is 78.1 cm³/mol. The number of aromatic amines is 1. The molecule has 1 aromatic heterocycles. The molecule has 0 aliphatic heterocycles. The lowest BCUT2D eigenvalue weighted by Gasteiger charge is -2.06. The number of carbonyl (C=O) groups is 1. The first-order valence-electron chi connectivity index (χ1n) is 6.01. The molecule has 0 aliphatic rings. The zero-order chi connectivity index (χ0) is 14.4. The van der Waals surface area contributed by atoms with Crippen LogP contribution in [0, 0.1) is 0 Å². The van der Waals surface area contributed by atoms with Gasteiger partial charge in [-0.2, -0.15) is 5.10 Å². The second-order valence-corrected chi connectivity index (χ2v) is 4.44. The Labute approximate surface area is 121 Å². The van der Waals surface area contributed by atoms with Gasteiger partial charge in [0.05, 0.1) is 16.4 Å². The summed E-state index contributed by atoms with van der Waals surface area (Å²) in [5.74, 6) is 0.116. The van der Waals surface area contributed by atoms with Gasteiger partial charge in [-0.15, -0.1) is 0 Å². The normalized spacial score (nSPS) is 11.2. The summed E-state index contributed by atoms with van der Waals surface area (Å²) in [4.78, 5) is 14.6. The minimum Gasteiger partial charge on any atom is -0.482 e. The largest absolute Gasteiger partial charge is 0.482 e. The van der Waals surface area contributed by atoms with E-state index in [9.17, 15) is 4.79 Å². The van der Waals surface area contributed by atoms with Crippen molar-refractivity contribution >= 4 is 23.2 Å². The standard InChI is InChI=1S/C14H14ClN3O2/c1-10(12-6-4-8-16-12)17-18-14(19)9-20-13-7-3-2-5-11(13)15/h2-8,16H,9H2,1H3,(H,18,19)/b17-10+. The van der Waals surface area contributed by atoms with Crippen molar-refractivity contribution in [2.75, 3.05) is 6.61 Å². The molecule has 2 N–H and O–H groups in total. The second kappa shape index (κ2) is 6.77. The summed E-state index contributed by atoms with van der Waals surface area (Å²) >= 11 is 5.91. The Balaban J connectivity index is 1.84. The van der Waals surface area contributed by atoms with E-state index in [4.69, 9.17) is 16.3 Å². The van der Waals surface area contributed by atoms with E-state index in [0.29, 0.717) is 16.5 Å². The Hall–Kier alpha value is -2.27. The average Bonchev–Trinajstić information content (AvgIpc) is 2.98. The molecule has 2 aromatic rings. The Morgan fingerprint density at radius 2 is 2.15 bits per heavy atom. The van der Waals surface area contributed by atoms with E-state index in [1.807, 2.05) is 12.1 Å². The van der Waals surface area contributed by atoms with Gasteiger partial charge in [0.15, 0.2) is 6.61 Å².